The predicted molar refractivity (Wildman–Crippen MR) is 81.1 cm³/mol. The number of aromatic nitrogens is 1. The van der Waals surface area contributed by atoms with Crippen LogP contribution in [0, 0.1) is 6.92 Å². The largest absolute Gasteiger partial charge is 0.309 e. The van der Waals surface area contributed by atoms with E-state index in [4.69, 9.17) is 0 Å². The lowest BCUT2D eigenvalue weighted by Crippen LogP contribution is -2.23. The average molecular weight is 325 g/mol. The Kier molecular flexibility index (Phi) is 4.92. The van der Waals surface area contributed by atoms with Gasteiger partial charge in [-0.25, -0.2) is 4.98 Å². The van der Waals surface area contributed by atoms with Crippen LogP contribution in [0.5, 0.6) is 0 Å². The highest BCUT2D eigenvalue weighted by Crippen LogP contribution is 2.27. The molecule has 18 heavy (non-hydrogen) atoms. The number of nitrogens with one attached hydrogen (secondary N) is 1. The fraction of sp³-hybridized carbons (Fsp3) is 0.357. The zero-order chi connectivity index (χ0) is 13.0. The molecule has 2 aromatic rings. The molecule has 1 aromatic carbocycles. The van der Waals surface area contributed by atoms with Crippen molar-refractivity contribution in [2.75, 3.05) is 6.54 Å². The van der Waals surface area contributed by atoms with Crippen LogP contribution in [-0.4, -0.2) is 11.5 Å². The van der Waals surface area contributed by atoms with Crippen LogP contribution in [0.4, 0.5) is 0 Å². The number of hydrogen-bond donors (Lipinski definition) is 1. The summed E-state index contributed by atoms with van der Waals surface area (Å²) in [5.74, 6) is 0. The summed E-state index contributed by atoms with van der Waals surface area (Å²) in [7, 11) is 0. The summed E-state index contributed by atoms with van der Waals surface area (Å²) in [5, 5.41) is 3.55. The van der Waals surface area contributed by atoms with Gasteiger partial charge in [0, 0.05) is 15.4 Å². The van der Waals surface area contributed by atoms with Crippen LogP contribution in [0.1, 0.15) is 29.1 Å². The van der Waals surface area contributed by atoms with E-state index in [0.29, 0.717) is 6.04 Å². The van der Waals surface area contributed by atoms with E-state index in [1.165, 1.54) is 14.9 Å². The van der Waals surface area contributed by atoms with E-state index in [9.17, 15) is 0 Å². The van der Waals surface area contributed by atoms with Crippen molar-refractivity contribution < 1.29 is 0 Å². The van der Waals surface area contributed by atoms with E-state index in [1.54, 1.807) is 11.3 Å². The molecule has 0 spiro atoms. The summed E-state index contributed by atoms with van der Waals surface area (Å²) >= 11 is 5.35. The van der Waals surface area contributed by atoms with Crippen molar-refractivity contribution in [2.45, 2.75) is 26.3 Å². The van der Waals surface area contributed by atoms with Gasteiger partial charge in [-0.15, -0.1) is 11.3 Å². The minimum atomic E-state index is 0.348. The van der Waals surface area contributed by atoms with Crippen molar-refractivity contribution in [3.63, 3.8) is 0 Å². The van der Waals surface area contributed by atoms with Crippen molar-refractivity contribution >= 4 is 27.3 Å². The Morgan fingerprint density at radius 3 is 2.78 bits per heavy atom. The summed E-state index contributed by atoms with van der Waals surface area (Å²) in [5.41, 5.74) is 4.39. The molecule has 96 valence electrons. The van der Waals surface area contributed by atoms with Crippen molar-refractivity contribution in [1.29, 1.82) is 0 Å². The Hall–Kier alpha value is -0.710. The summed E-state index contributed by atoms with van der Waals surface area (Å²) in [4.78, 5) is 5.69. The molecule has 0 aliphatic heterocycles. The number of likely N-dealkylation sites (N-methyl/N-ethyl adjacent to an activating group) is 1. The van der Waals surface area contributed by atoms with Crippen LogP contribution in [-0.2, 0) is 6.42 Å². The first-order valence-electron chi connectivity index (χ1n) is 6.09. The Morgan fingerprint density at radius 1 is 1.39 bits per heavy atom. The van der Waals surface area contributed by atoms with E-state index in [2.05, 4.69) is 58.3 Å². The maximum absolute atomic E-state index is 4.35. The second-order valence-electron chi connectivity index (χ2n) is 4.21. The van der Waals surface area contributed by atoms with Crippen molar-refractivity contribution in [3.8, 4) is 0 Å². The Morgan fingerprint density at radius 2 is 2.17 bits per heavy atom. The zero-order valence-corrected chi connectivity index (χ0v) is 13.0. The molecule has 1 N–H and O–H groups in total. The molecule has 0 fully saturated rings. The SMILES string of the molecule is CCNC(Cc1ccccc1Br)c1scnc1C. The molecular formula is C14H17BrN2S. The highest BCUT2D eigenvalue weighted by Gasteiger charge is 2.16. The standard InChI is InChI=1S/C14H17BrN2S/c1-3-16-13(14-10(2)17-9-18-14)8-11-6-4-5-7-12(11)15/h4-7,9,13,16H,3,8H2,1-2H3. The Labute approximate surface area is 121 Å². The van der Waals surface area contributed by atoms with Gasteiger partial charge >= 0.3 is 0 Å². The molecule has 0 radical (unpaired) electrons. The molecule has 0 bridgehead atoms. The van der Waals surface area contributed by atoms with Crippen molar-refractivity contribution in [3.05, 3.63) is 50.4 Å². The smallest absolute Gasteiger partial charge is 0.0798 e. The number of halogens is 1. The van der Waals surface area contributed by atoms with Gasteiger partial charge in [0.1, 0.15) is 0 Å². The van der Waals surface area contributed by atoms with Crippen molar-refractivity contribution in [2.24, 2.45) is 0 Å². The molecule has 1 unspecified atom stereocenters. The van der Waals surface area contributed by atoms with Crippen LogP contribution in [0.15, 0.2) is 34.2 Å². The molecule has 2 nitrogen and oxygen atoms in total. The van der Waals surface area contributed by atoms with Gasteiger partial charge in [0.25, 0.3) is 0 Å². The van der Waals surface area contributed by atoms with Gasteiger partial charge in [0.05, 0.1) is 11.2 Å². The number of hydrogen-bond acceptors (Lipinski definition) is 3. The maximum atomic E-state index is 4.35. The van der Waals surface area contributed by atoms with Gasteiger partial charge in [-0.1, -0.05) is 41.1 Å². The molecule has 1 aromatic heterocycles. The monoisotopic (exact) mass is 324 g/mol. The second kappa shape index (κ2) is 6.45. The third-order valence-electron chi connectivity index (χ3n) is 2.93. The first kappa shape index (κ1) is 13.7. The third-order valence-corrected chi connectivity index (χ3v) is 4.75. The molecular weight excluding hydrogens is 308 g/mol. The minimum Gasteiger partial charge on any atom is -0.309 e. The minimum absolute atomic E-state index is 0.348. The van der Waals surface area contributed by atoms with Crippen LogP contribution in [0.25, 0.3) is 0 Å². The maximum Gasteiger partial charge on any atom is 0.0798 e. The van der Waals surface area contributed by atoms with Gasteiger partial charge in [0.15, 0.2) is 0 Å². The fourth-order valence-electron chi connectivity index (χ4n) is 2.03. The number of rotatable bonds is 5. The number of benzene rings is 1. The second-order valence-corrected chi connectivity index (χ2v) is 5.95. The van der Waals surface area contributed by atoms with Gasteiger partial charge < -0.3 is 5.32 Å². The Bertz CT molecular complexity index is 510. The highest BCUT2D eigenvalue weighted by molar-refractivity contribution is 9.10. The van der Waals surface area contributed by atoms with E-state index in [1.807, 2.05) is 11.6 Å². The van der Waals surface area contributed by atoms with Crippen LogP contribution < -0.4 is 5.32 Å². The van der Waals surface area contributed by atoms with Crippen LogP contribution in [0.3, 0.4) is 0 Å². The molecule has 0 saturated carbocycles. The molecule has 0 aliphatic carbocycles. The average Bonchev–Trinajstić information content (AvgIpc) is 2.78. The lowest BCUT2D eigenvalue weighted by atomic mass is 10.0. The molecule has 1 atom stereocenters. The van der Waals surface area contributed by atoms with E-state index < -0.39 is 0 Å². The number of nitrogens with zero attached hydrogens (tertiary/aromatic N) is 1. The lowest BCUT2D eigenvalue weighted by molar-refractivity contribution is 0.554. The third kappa shape index (κ3) is 3.19. The van der Waals surface area contributed by atoms with Gasteiger partial charge in [-0.2, -0.15) is 0 Å². The first-order chi connectivity index (χ1) is 8.72. The topological polar surface area (TPSA) is 24.9 Å². The highest BCUT2D eigenvalue weighted by atomic mass is 79.9. The molecule has 0 amide bonds. The quantitative estimate of drug-likeness (QED) is 0.895. The summed E-state index contributed by atoms with van der Waals surface area (Å²) in [6, 6.07) is 8.75. The number of aryl methyl sites for hydroxylation is 1. The van der Waals surface area contributed by atoms with Crippen LogP contribution >= 0.6 is 27.3 Å². The first-order valence-corrected chi connectivity index (χ1v) is 7.76. The molecule has 0 aliphatic rings. The molecule has 1 heterocycles. The van der Waals surface area contributed by atoms with Crippen molar-refractivity contribution in [1.82, 2.24) is 10.3 Å². The van der Waals surface area contributed by atoms with Gasteiger partial charge in [0.2, 0.25) is 0 Å². The van der Waals surface area contributed by atoms with Gasteiger partial charge in [-0.3, -0.25) is 0 Å². The summed E-state index contributed by atoms with van der Waals surface area (Å²) < 4.78 is 1.18. The normalized spacial score (nSPS) is 12.6. The predicted octanol–water partition coefficient (Wildman–Crippen LogP) is 4.11. The lowest BCUT2D eigenvalue weighted by Gasteiger charge is -2.18. The summed E-state index contributed by atoms with van der Waals surface area (Å²) in [6.07, 6.45) is 0.984. The van der Waals surface area contributed by atoms with Gasteiger partial charge in [-0.05, 0) is 31.5 Å². The molecule has 4 heteroatoms. The van der Waals surface area contributed by atoms with E-state index in [0.717, 1.165) is 18.7 Å². The zero-order valence-electron chi connectivity index (χ0n) is 10.6. The number of thiazole rings is 1. The molecule has 2 rings (SSSR count). The van der Waals surface area contributed by atoms with E-state index >= 15 is 0 Å². The van der Waals surface area contributed by atoms with Crippen LogP contribution in [0.2, 0.25) is 0 Å². The van der Waals surface area contributed by atoms with E-state index in [-0.39, 0.29) is 0 Å². The molecule has 0 saturated heterocycles. The Balaban J connectivity index is 2.22. The fourth-order valence-corrected chi connectivity index (χ4v) is 3.36. The summed E-state index contributed by atoms with van der Waals surface area (Å²) in [6.45, 7) is 5.19.